The third kappa shape index (κ3) is 3.16. The Bertz CT molecular complexity index is 649. The van der Waals surface area contributed by atoms with E-state index in [1.54, 1.807) is 0 Å². The number of likely N-dealkylation sites (N-methyl/N-ethyl adjacent to an activating group) is 1. The molecule has 0 saturated carbocycles. The lowest BCUT2D eigenvalue weighted by atomic mass is 10.1. The second-order valence-electron chi connectivity index (χ2n) is 6.71. The van der Waals surface area contributed by atoms with Crippen LogP contribution in [-0.2, 0) is 7.05 Å². The molecule has 3 rings (SSSR count). The van der Waals surface area contributed by atoms with Gasteiger partial charge in [0.05, 0.1) is 12.1 Å². The molecular weight excluding hydrogens is 292 g/mol. The number of aromatic nitrogens is 4. The van der Waals surface area contributed by atoms with Crippen LogP contribution in [0.25, 0.3) is 0 Å². The summed E-state index contributed by atoms with van der Waals surface area (Å²) in [7, 11) is 4.20. The number of hydrogen-bond donors (Lipinski definition) is 0. The molecule has 23 heavy (non-hydrogen) atoms. The molecule has 2 aromatic rings. The Hall–Kier alpha value is -1.73. The minimum atomic E-state index is 0.117. The Morgan fingerprint density at radius 2 is 2.00 bits per heavy atom. The lowest BCUT2D eigenvalue weighted by Gasteiger charge is -2.40. The zero-order valence-corrected chi connectivity index (χ0v) is 14.6. The molecule has 0 radical (unpaired) electrons. The van der Waals surface area contributed by atoms with E-state index in [9.17, 15) is 0 Å². The third-order valence-electron chi connectivity index (χ3n) is 4.71. The number of hydrogen-bond acceptors (Lipinski definition) is 6. The third-order valence-corrected chi connectivity index (χ3v) is 4.71. The van der Waals surface area contributed by atoms with Crippen molar-refractivity contribution in [1.29, 1.82) is 0 Å². The predicted molar refractivity (Wildman–Crippen MR) is 87.0 cm³/mol. The Morgan fingerprint density at radius 1 is 1.22 bits per heavy atom. The molecule has 7 heteroatoms. The normalized spacial score (nSPS) is 21.9. The van der Waals surface area contributed by atoms with Crippen LogP contribution in [0.1, 0.15) is 56.3 Å². The monoisotopic (exact) mass is 318 g/mol. The van der Waals surface area contributed by atoms with Gasteiger partial charge in [-0.05, 0) is 14.0 Å². The van der Waals surface area contributed by atoms with E-state index in [0.717, 1.165) is 31.3 Å². The van der Waals surface area contributed by atoms with Crippen LogP contribution < -0.4 is 0 Å². The molecule has 1 saturated heterocycles. The van der Waals surface area contributed by atoms with Crippen molar-refractivity contribution in [1.82, 2.24) is 29.5 Å². The Kier molecular flexibility index (Phi) is 4.50. The van der Waals surface area contributed by atoms with Gasteiger partial charge in [0, 0.05) is 45.0 Å². The Balaban J connectivity index is 1.76. The summed E-state index contributed by atoms with van der Waals surface area (Å²) in [6, 6.07) is 0.394. The smallest absolute Gasteiger partial charge is 0.243 e. The predicted octanol–water partition coefficient (Wildman–Crippen LogP) is 1.98. The van der Waals surface area contributed by atoms with E-state index < -0.39 is 0 Å². The fourth-order valence-electron chi connectivity index (χ4n) is 3.03. The van der Waals surface area contributed by atoms with E-state index >= 15 is 0 Å². The van der Waals surface area contributed by atoms with Crippen molar-refractivity contribution in [3.63, 3.8) is 0 Å². The highest BCUT2D eigenvalue weighted by Gasteiger charge is 2.32. The molecule has 0 bridgehead atoms. The minimum Gasteiger partial charge on any atom is -0.338 e. The molecule has 0 spiro atoms. The van der Waals surface area contributed by atoms with Crippen LogP contribution in [-0.4, -0.2) is 56.2 Å². The van der Waals surface area contributed by atoms with Gasteiger partial charge in [0.25, 0.3) is 0 Å². The highest BCUT2D eigenvalue weighted by molar-refractivity contribution is 5.04. The molecule has 126 valence electrons. The first-order valence-corrected chi connectivity index (χ1v) is 8.22. The Morgan fingerprint density at radius 3 is 2.61 bits per heavy atom. The molecule has 1 aliphatic rings. The standard InChI is InChI=1S/C16H26N6O/c1-11(2)14-18-16(23-19-14)12(3)22-9-8-20(4)13(10-22)15-17-6-7-21(15)5/h6-7,11-13H,8-10H2,1-5H3. The van der Waals surface area contributed by atoms with Crippen LogP contribution in [0, 0.1) is 0 Å². The van der Waals surface area contributed by atoms with Crippen LogP contribution in [0.2, 0.25) is 0 Å². The lowest BCUT2D eigenvalue weighted by molar-refractivity contribution is 0.0534. The van der Waals surface area contributed by atoms with Crippen molar-refractivity contribution >= 4 is 0 Å². The second-order valence-corrected chi connectivity index (χ2v) is 6.71. The quantitative estimate of drug-likeness (QED) is 0.859. The van der Waals surface area contributed by atoms with Crippen LogP contribution in [0.3, 0.4) is 0 Å². The fraction of sp³-hybridized carbons (Fsp3) is 0.688. The molecule has 1 fully saturated rings. The molecule has 0 N–H and O–H groups in total. The van der Waals surface area contributed by atoms with Gasteiger partial charge < -0.3 is 9.09 Å². The summed E-state index contributed by atoms with van der Waals surface area (Å²) in [5.74, 6) is 2.86. The molecule has 2 atom stereocenters. The van der Waals surface area contributed by atoms with Crippen molar-refractivity contribution in [3.8, 4) is 0 Å². The lowest BCUT2D eigenvalue weighted by Crippen LogP contribution is -2.48. The van der Waals surface area contributed by atoms with Gasteiger partial charge in [0.15, 0.2) is 5.82 Å². The van der Waals surface area contributed by atoms with E-state index in [2.05, 4.69) is 57.3 Å². The molecule has 2 aromatic heterocycles. The van der Waals surface area contributed by atoms with Crippen LogP contribution in [0.15, 0.2) is 16.9 Å². The number of nitrogens with zero attached hydrogens (tertiary/aromatic N) is 6. The van der Waals surface area contributed by atoms with E-state index in [-0.39, 0.29) is 18.0 Å². The molecule has 1 aliphatic heterocycles. The van der Waals surface area contributed by atoms with Crippen LogP contribution in [0.4, 0.5) is 0 Å². The van der Waals surface area contributed by atoms with Gasteiger partial charge >= 0.3 is 0 Å². The first-order chi connectivity index (χ1) is 11.0. The highest BCUT2D eigenvalue weighted by atomic mass is 16.5. The summed E-state index contributed by atoms with van der Waals surface area (Å²) in [4.78, 5) is 13.8. The summed E-state index contributed by atoms with van der Waals surface area (Å²) in [5.41, 5.74) is 0. The van der Waals surface area contributed by atoms with Gasteiger partial charge in [0.2, 0.25) is 5.89 Å². The zero-order chi connectivity index (χ0) is 16.6. The SMILES string of the molecule is CC(C)c1noc(C(C)N2CCN(C)C(c3nccn3C)C2)n1. The average Bonchev–Trinajstić information content (AvgIpc) is 3.16. The maximum atomic E-state index is 5.48. The summed E-state index contributed by atoms with van der Waals surface area (Å²) in [6.45, 7) is 9.17. The van der Waals surface area contributed by atoms with Gasteiger partial charge in [-0.1, -0.05) is 19.0 Å². The van der Waals surface area contributed by atoms with E-state index in [4.69, 9.17) is 4.52 Å². The molecule has 3 heterocycles. The van der Waals surface area contributed by atoms with Crippen molar-refractivity contribution < 1.29 is 4.52 Å². The van der Waals surface area contributed by atoms with E-state index in [1.165, 1.54) is 0 Å². The average molecular weight is 318 g/mol. The van der Waals surface area contributed by atoms with Crippen molar-refractivity contribution in [2.24, 2.45) is 7.05 Å². The van der Waals surface area contributed by atoms with Gasteiger partial charge in [-0.3, -0.25) is 9.80 Å². The summed E-state index contributed by atoms with van der Waals surface area (Å²) in [5, 5.41) is 4.09. The molecule has 0 aliphatic carbocycles. The summed E-state index contributed by atoms with van der Waals surface area (Å²) >= 11 is 0. The maximum Gasteiger partial charge on any atom is 0.243 e. The zero-order valence-electron chi connectivity index (χ0n) is 14.6. The Labute approximate surface area is 137 Å². The molecule has 2 unspecified atom stereocenters. The summed E-state index contributed by atoms with van der Waals surface area (Å²) in [6.07, 6.45) is 3.86. The van der Waals surface area contributed by atoms with Crippen molar-refractivity contribution in [2.45, 2.75) is 38.8 Å². The molecule has 0 aromatic carbocycles. The second kappa shape index (κ2) is 6.41. The van der Waals surface area contributed by atoms with Crippen LogP contribution in [0.5, 0.6) is 0 Å². The van der Waals surface area contributed by atoms with E-state index in [1.807, 2.05) is 19.4 Å². The van der Waals surface area contributed by atoms with E-state index in [0.29, 0.717) is 5.89 Å². The van der Waals surface area contributed by atoms with Crippen LogP contribution >= 0.6 is 0 Å². The van der Waals surface area contributed by atoms with Gasteiger partial charge in [-0.15, -0.1) is 0 Å². The van der Waals surface area contributed by atoms with Gasteiger partial charge in [0.1, 0.15) is 5.82 Å². The van der Waals surface area contributed by atoms with Crippen molar-refractivity contribution in [3.05, 3.63) is 29.9 Å². The van der Waals surface area contributed by atoms with Crippen molar-refractivity contribution in [2.75, 3.05) is 26.7 Å². The fourth-order valence-corrected chi connectivity index (χ4v) is 3.03. The largest absolute Gasteiger partial charge is 0.338 e. The first kappa shape index (κ1) is 16.1. The maximum absolute atomic E-state index is 5.48. The molecule has 7 nitrogen and oxygen atoms in total. The number of piperazine rings is 1. The highest BCUT2D eigenvalue weighted by Crippen LogP contribution is 2.28. The number of imidazole rings is 1. The van der Waals surface area contributed by atoms with Gasteiger partial charge in [-0.25, -0.2) is 4.98 Å². The first-order valence-electron chi connectivity index (χ1n) is 8.22. The minimum absolute atomic E-state index is 0.117. The molecule has 0 amide bonds. The van der Waals surface area contributed by atoms with Gasteiger partial charge in [-0.2, -0.15) is 4.98 Å². The number of rotatable bonds is 4. The number of aryl methyl sites for hydroxylation is 1. The topological polar surface area (TPSA) is 63.2 Å². The molecular formula is C16H26N6O. The summed E-state index contributed by atoms with van der Waals surface area (Å²) < 4.78 is 7.58.